The van der Waals surface area contributed by atoms with Gasteiger partial charge in [-0.3, -0.25) is 4.79 Å². The maximum absolute atomic E-state index is 12.8. The van der Waals surface area contributed by atoms with Gasteiger partial charge in [-0.25, -0.2) is 4.98 Å². The Labute approximate surface area is 175 Å². The fourth-order valence-corrected chi connectivity index (χ4v) is 3.98. The van der Waals surface area contributed by atoms with Crippen molar-refractivity contribution in [2.75, 3.05) is 11.4 Å². The van der Waals surface area contributed by atoms with E-state index >= 15 is 0 Å². The molecule has 2 aromatic heterocycles. The van der Waals surface area contributed by atoms with Crippen LogP contribution in [-0.2, 0) is 6.18 Å². The summed E-state index contributed by atoms with van der Waals surface area (Å²) in [5.74, 6) is -0.0295. The molecule has 3 aromatic rings. The van der Waals surface area contributed by atoms with Gasteiger partial charge in [0.15, 0.2) is 5.82 Å². The molecule has 30 heavy (non-hydrogen) atoms. The van der Waals surface area contributed by atoms with Crippen molar-refractivity contribution in [3.8, 4) is 5.82 Å². The molecule has 1 aliphatic heterocycles. The van der Waals surface area contributed by atoms with Gasteiger partial charge in [-0.1, -0.05) is 41.4 Å². The van der Waals surface area contributed by atoms with Crippen molar-refractivity contribution >= 4 is 17.3 Å². The van der Waals surface area contributed by atoms with Gasteiger partial charge in [-0.05, 0) is 37.5 Å². The fraction of sp³-hybridized carbons (Fsp3) is 0.286. The zero-order valence-corrected chi connectivity index (χ0v) is 16.8. The van der Waals surface area contributed by atoms with E-state index in [0.29, 0.717) is 11.9 Å². The number of anilines is 1. The highest BCUT2D eigenvalue weighted by Gasteiger charge is 2.31. The Kier molecular flexibility index (Phi) is 5.27. The standard InChI is InChI=1S/C21H18ClF3N4O/c1-13-4-2-5-14(10-13)16-6-3-9-28(16)17-12-27-29(20(30)19(17)22)18-8-7-15(11-26-18)21(23,24)25/h2,4-5,7-8,10-12,16H,3,6,9H2,1H3/t16-/m1/s1. The zero-order chi connectivity index (χ0) is 21.5. The summed E-state index contributed by atoms with van der Waals surface area (Å²) < 4.78 is 39.1. The first-order chi connectivity index (χ1) is 14.3. The van der Waals surface area contributed by atoms with Crippen LogP contribution in [0.4, 0.5) is 18.9 Å². The van der Waals surface area contributed by atoms with E-state index < -0.39 is 17.3 Å². The molecule has 0 radical (unpaired) electrons. The van der Waals surface area contributed by atoms with Crippen molar-refractivity contribution in [2.24, 2.45) is 0 Å². The van der Waals surface area contributed by atoms with E-state index in [4.69, 9.17) is 11.6 Å². The summed E-state index contributed by atoms with van der Waals surface area (Å²) in [4.78, 5) is 18.6. The molecule has 0 spiro atoms. The van der Waals surface area contributed by atoms with Gasteiger partial charge in [-0.15, -0.1) is 0 Å². The van der Waals surface area contributed by atoms with Gasteiger partial charge >= 0.3 is 6.18 Å². The average Bonchev–Trinajstić information content (AvgIpc) is 3.19. The Hall–Kier alpha value is -2.87. The second-order valence-corrected chi connectivity index (χ2v) is 7.61. The number of alkyl halides is 3. The number of hydrogen-bond donors (Lipinski definition) is 0. The number of rotatable bonds is 3. The monoisotopic (exact) mass is 434 g/mol. The molecule has 4 rings (SSSR count). The van der Waals surface area contributed by atoms with Crippen LogP contribution in [0, 0.1) is 6.92 Å². The minimum absolute atomic E-state index is 0.0295. The molecule has 1 aliphatic rings. The number of aryl methyl sites for hydroxylation is 1. The van der Waals surface area contributed by atoms with Crippen LogP contribution in [0.5, 0.6) is 0 Å². The minimum Gasteiger partial charge on any atom is -0.362 e. The molecule has 1 saturated heterocycles. The lowest BCUT2D eigenvalue weighted by atomic mass is 10.0. The van der Waals surface area contributed by atoms with Crippen LogP contribution in [0.25, 0.3) is 5.82 Å². The number of nitrogens with zero attached hydrogens (tertiary/aromatic N) is 4. The summed E-state index contributed by atoms with van der Waals surface area (Å²) in [6.45, 7) is 2.75. The van der Waals surface area contributed by atoms with E-state index in [-0.39, 0.29) is 16.9 Å². The maximum Gasteiger partial charge on any atom is 0.417 e. The summed E-state index contributed by atoms with van der Waals surface area (Å²) in [5.41, 5.74) is 1.26. The van der Waals surface area contributed by atoms with Crippen molar-refractivity contribution < 1.29 is 13.2 Å². The van der Waals surface area contributed by atoms with Crippen LogP contribution in [0.3, 0.4) is 0 Å². The van der Waals surface area contributed by atoms with E-state index in [2.05, 4.69) is 21.0 Å². The van der Waals surface area contributed by atoms with E-state index in [1.165, 1.54) is 6.20 Å². The molecule has 1 atom stereocenters. The van der Waals surface area contributed by atoms with Crippen molar-refractivity contribution in [2.45, 2.75) is 32.0 Å². The van der Waals surface area contributed by atoms with E-state index in [0.717, 1.165) is 47.3 Å². The molecule has 9 heteroatoms. The molecule has 156 valence electrons. The lowest BCUT2D eigenvalue weighted by molar-refractivity contribution is -0.137. The average molecular weight is 435 g/mol. The summed E-state index contributed by atoms with van der Waals surface area (Å²) in [6.07, 6.45) is -0.509. The number of hydrogen-bond acceptors (Lipinski definition) is 4. The quantitative estimate of drug-likeness (QED) is 0.585. The Balaban J connectivity index is 1.68. The summed E-state index contributed by atoms with van der Waals surface area (Å²) in [7, 11) is 0. The highest BCUT2D eigenvalue weighted by atomic mass is 35.5. The van der Waals surface area contributed by atoms with Crippen molar-refractivity contribution in [1.29, 1.82) is 0 Å². The second kappa shape index (κ2) is 7.75. The molecule has 0 N–H and O–H groups in total. The maximum atomic E-state index is 12.8. The number of benzene rings is 1. The first-order valence-corrected chi connectivity index (χ1v) is 9.78. The molecule has 0 amide bonds. The summed E-state index contributed by atoms with van der Waals surface area (Å²) in [5, 5.41) is 4.09. The van der Waals surface area contributed by atoms with E-state index in [1.54, 1.807) is 0 Å². The highest BCUT2D eigenvalue weighted by Crippen LogP contribution is 2.38. The van der Waals surface area contributed by atoms with Crippen molar-refractivity contribution in [3.05, 3.63) is 80.9 Å². The number of aromatic nitrogens is 3. The highest BCUT2D eigenvalue weighted by molar-refractivity contribution is 6.33. The van der Waals surface area contributed by atoms with Crippen molar-refractivity contribution in [3.63, 3.8) is 0 Å². The van der Waals surface area contributed by atoms with Crippen LogP contribution < -0.4 is 10.5 Å². The van der Waals surface area contributed by atoms with Crippen molar-refractivity contribution in [1.82, 2.24) is 14.8 Å². The predicted molar refractivity (Wildman–Crippen MR) is 108 cm³/mol. The third kappa shape index (κ3) is 3.79. The third-order valence-corrected chi connectivity index (χ3v) is 5.54. The Morgan fingerprint density at radius 3 is 2.63 bits per heavy atom. The van der Waals surface area contributed by atoms with Gasteiger partial charge in [0.25, 0.3) is 5.56 Å². The normalized spacial score (nSPS) is 16.8. The molecule has 3 heterocycles. The lowest BCUT2D eigenvalue weighted by Gasteiger charge is -2.28. The first-order valence-electron chi connectivity index (χ1n) is 9.40. The van der Waals surface area contributed by atoms with E-state index in [1.807, 2.05) is 25.1 Å². The molecule has 1 aromatic carbocycles. The Morgan fingerprint density at radius 1 is 1.17 bits per heavy atom. The predicted octanol–water partition coefficient (Wildman–Crippen LogP) is 4.95. The Morgan fingerprint density at radius 2 is 1.97 bits per heavy atom. The summed E-state index contributed by atoms with van der Waals surface area (Å²) in [6, 6.07) is 10.2. The number of halogens is 4. The minimum atomic E-state index is -4.51. The van der Waals surface area contributed by atoms with Gasteiger partial charge in [0.05, 0.1) is 23.5 Å². The summed E-state index contributed by atoms with van der Waals surface area (Å²) >= 11 is 6.39. The smallest absolute Gasteiger partial charge is 0.362 e. The largest absolute Gasteiger partial charge is 0.417 e. The molecule has 0 bridgehead atoms. The molecule has 1 fully saturated rings. The fourth-order valence-electron chi connectivity index (χ4n) is 3.75. The molecular weight excluding hydrogens is 417 g/mol. The Bertz CT molecular complexity index is 1130. The van der Waals surface area contributed by atoms with Gasteiger partial charge in [0.2, 0.25) is 0 Å². The molecule has 5 nitrogen and oxygen atoms in total. The number of pyridine rings is 1. The SMILES string of the molecule is Cc1cccc([C@H]2CCCN2c2cnn(-c3ccc(C(F)(F)F)cn3)c(=O)c2Cl)c1. The topological polar surface area (TPSA) is 51.0 Å². The van der Waals surface area contributed by atoms with Crippen LogP contribution in [0.2, 0.25) is 5.02 Å². The van der Waals surface area contributed by atoms with Gasteiger partial charge in [-0.2, -0.15) is 23.0 Å². The first kappa shape index (κ1) is 20.4. The molecule has 0 unspecified atom stereocenters. The zero-order valence-electron chi connectivity index (χ0n) is 16.0. The van der Waals surface area contributed by atoms with Crippen LogP contribution in [0.15, 0.2) is 53.6 Å². The third-order valence-electron chi connectivity index (χ3n) is 5.18. The second-order valence-electron chi connectivity index (χ2n) is 7.23. The molecule has 0 aliphatic carbocycles. The van der Waals surface area contributed by atoms with Crippen LogP contribution >= 0.6 is 11.6 Å². The van der Waals surface area contributed by atoms with Crippen LogP contribution in [-0.4, -0.2) is 21.3 Å². The molecule has 0 saturated carbocycles. The molecular formula is C21H18ClF3N4O. The van der Waals surface area contributed by atoms with Gasteiger partial charge in [0.1, 0.15) is 5.02 Å². The van der Waals surface area contributed by atoms with Gasteiger partial charge < -0.3 is 4.90 Å². The lowest BCUT2D eigenvalue weighted by Crippen LogP contribution is -2.29. The van der Waals surface area contributed by atoms with Crippen LogP contribution in [0.1, 0.15) is 35.6 Å². The van der Waals surface area contributed by atoms with Gasteiger partial charge in [0, 0.05) is 12.7 Å². The van der Waals surface area contributed by atoms with E-state index in [9.17, 15) is 18.0 Å².